The molecule has 1 aromatic carbocycles. The van der Waals surface area contributed by atoms with Gasteiger partial charge >= 0.3 is 0 Å². The highest BCUT2D eigenvalue weighted by molar-refractivity contribution is 6.17. The topological polar surface area (TPSA) is 26.0 Å². The minimum atomic E-state index is -0.571. The van der Waals surface area contributed by atoms with Crippen molar-refractivity contribution >= 4 is 11.6 Å². The molecule has 0 amide bonds. The molecule has 2 N–H and O–H groups in total. The van der Waals surface area contributed by atoms with E-state index < -0.39 is 11.6 Å². The van der Waals surface area contributed by atoms with Gasteiger partial charge in [-0.15, -0.1) is 11.6 Å². The molecule has 0 aromatic heterocycles. The Labute approximate surface area is 86.9 Å². The van der Waals surface area contributed by atoms with E-state index in [4.69, 9.17) is 17.3 Å². The highest BCUT2D eigenvalue weighted by atomic mass is 35.5. The lowest BCUT2D eigenvalue weighted by Gasteiger charge is -2.09. The second kappa shape index (κ2) is 5.27. The highest BCUT2D eigenvalue weighted by Gasteiger charge is 2.06. The zero-order chi connectivity index (χ0) is 10.6. The van der Waals surface area contributed by atoms with Crippen LogP contribution in [0.4, 0.5) is 8.78 Å². The molecule has 0 saturated heterocycles. The lowest BCUT2D eigenvalue weighted by atomic mass is 10.0. The third kappa shape index (κ3) is 3.60. The van der Waals surface area contributed by atoms with Crippen molar-refractivity contribution in [1.82, 2.24) is 0 Å². The van der Waals surface area contributed by atoms with Crippen LogP contribution in [0, 0.1) is 11.6 Å². The normalized spacial score (nSPS) is 12.9. The van der Waals surface area contributed by atoms with Crippen LogP contribution >= 0.6 is 11.6 Å². The molecule has 4 heteroatoms. The molecule has 0 bridgehead atoms. The number of benzene rings is 1. The van der Waals surface area contributed by atoms with Crippen LogP contribution in [-0.4, -0.2) is 11.9 Å². The standard InChI is InChI=1S/C10H12ClF2N/c11-2-1-10(14)5-7-3-8(12)6-9(13)4-7/h3-4,6,10H,1-2,5,14H2/t10-/m1/s1. The van der Waals surface area contributed by atoms with Crippen molar-refractivity contribution in [3.8, 4) is 0 Å². The Bertz CT molecular complexity index is 284. The fraction of sp³-hybridized carbons (Fsp3) is 0.400. The first-order chi connectivity index (χ1) is 6.61. The Balaban J connectivity index is 2.66. The number of rotatable bonds is 4. The molecular formula is C10H12ClF2N. The van der Waals surface area contributed by atoms with Gasteiger partial charge in [0.25, 0.3) is 0 Å². The van der Waals surface area contributed by atoms with Crippen molar-refractivity contribution in [3.63, 3.8) is 0 Å². The van der Waals surface area contributed by atoms with Crippen LogP contribution in [-0.2, 0) is 6.42 Å². The van der Waals surface area contributed by atoms with E-state index in [-0.39, 0.29) is 6.04 Å². The summed E-state index contributed by atoms with van der Waals surface area (Å²) >= 11 is 5.50. The summed E-state index contributed by atoms with van der Waals surface area (Å²) in [6.45, 7) is 0. The first kappa shape index (κ1) is 11.4. The lowest BCUT2D eigenvalue weighted by Crippen LogP contribution is -2.23. The number of hydrogen-bond acceptors (Lipinski definition) is 1. The van der Waals surface area contributed by atoms with Crippen LogP contribution in [0.3, 0.4) is 0 Å². The van der Waals surface area contributed by atoms with E-state index in [9.17, 15) is 8.78 Å². The molecule has 1 rings (SSSR count). The van der Waals surface area contributed by atoms with Crippen LogP contribution in [0.2, 0.25) is 0 Å². The fourth-order valence-electron chi connectivity index (χ4n) is 1.27. The summed E-state index contributed by atoms with van der Waals surface area (Å²) in [5.74, 6) is -0.685. The minimum Gasteiger partial charge on any atom is -0.327 e. The Morgan fingerprint density at radius 2 is 1.79 bits per heavy atom. The Morgan fingerprint density at radius 3 is 2.29 bits per heavy atom. The maximum Gasteiger partial charge on any atom is 0.126 e. The van der Waals surface area contributed by atoms with Crippen LogP contribution in [0.15, 0.2) is 18.2 Å². The maximum atomic E-state index is 12.8. The molecule has 78 valence electrons. The summed E-state index contributed by atoms with van der Waals surface area (Å²) in [5, 5.41) is 0. The van der Waals surface area contributed by atoms with Gasteiger partial charge in [0.15, 0.2) is 0 Å². The van der Waals surface area contributed by atoms with E-state index in [0.29, 0.717) is 24.3 Å². The predicted molar refractivity (Wildman–Crippen MR) is 53.4 cm³/mol. The largest absolute Gasteiger partial charge is 0.327 e. The second-order valence-electron chi connectivity index (χ2n) is 3.22. The molecule has 0 heterocycles. The van der Waals surface area contributed by atoms with Crippen molar-refractivity contribution in [1.29, 1.82) is 0 Å². The van der Waals surface area contributed by atoms with Crippen LogP contribution < -0.4 is 5.73 Å². The van der Waals surface area contributed by atoms with E-state index >= 15 is 0 Å². The van der Waals surface area contributed by atoms with Gasteiger partial charge in [0.1, 0.15) is 11.6 Å². The van der Waals surface area contributed by atoms with E-state index in [2.05, 4.69) is 0 Å². The van der Waals surface area contributed by atoms with Crippen LogP contribution in [0.25, 0.3) is 0 Å². The zero-order valence-corrected chi connectivity index (χ0v) is 8.40. The number of hydrogen-bond donors (Lipinski definition) is 1. The third-order valence-electron chi connectivity index (χ3n) is 1.90. The molecule has 1 nitrogen and oxygen atoms in total. The Kier molecular flexibility index (Phi) is 4.29. The molecule has 1 atom stereocenters. The Morgan fingerprint density at radius 1 is 1.21 bits per heavy atom. The summed E-state index contributed by atoms with van der Waals surface area (Å²) in [6.07, 6.45) is 1.08. The summed E-state index contributed by atoms with van der Waals surface area (Å²) < 4.78 is 25.5. The number of halogens is 3. The number of alkyl halides is 1. The van der Waals surface area contributed by atoms with Crippen molar-refractivity contribution in [2.75, 3.05) is 5.88 Å². The molecule has 0 unspecified atom stereocenters. The molecule has 14 heavy (non-hydrogen) atoms. The van der Waals surface area contributed by atoms with Crippen LogP contribution in [0.5, 0.6) is 0 Å². The van der Waals surface area contributed by atoms with Crippen LogP contribution in [0.1, 0.15) is 12.0 Å². The van der Waals surface area contributed by atoms with Gasteiger partial charge in [0, 0.05) is 18.0 Å². The molecule has 0 fully saturated rings. The van der Waals surface area contributed by atoms with Gasteiger partial charge in [-0.3, -0.25) is 0 Å². The maximum absolute atomic E-state index is 12.8. The fourth-order valence-corrected chi connectivity index (χ4v) is 1.55. The van der Waals surface area contributed by atoms with Crippen molar-refractivity contribution in [2.45, 2.75) is 18.9 Å². The summed E-state index contributed by atoms with van der Waals surface area (Å²) in [5.41, 5.74) is 6.26. The smallest absolute Gasteiger partial charge is 0.126 e. The van der Waals surface area contributed by atoms with Crippen molar-refractivity contribution in [2.24, 2.45) is 5.73 Å². The SMILES string of the molecule is N[C@H](CCCl)Cc1cc(F)cc(F)c1. The van der Waals surface area contributed by atoms with Crippen molar-refractivity contribution < 1.29 is 8.78 Å². The number of nitrogens with two attached hydrogens (primary N) is 1. The summed E-state index contributed by atoms with van der Waals surface area (Å²) in [6, 6.07) is 3.28. The molecule has 1 aromatic rings. The predicted octanol–water partition coefficient (Wildman–Crippen LogP) is 2.46. The Hall–Kier alpha value is -0.670. The first-order valence-electron chi connectivity index (χ1n) is 4.38. The quantitative estimate of drug-likeness (QED) is 0.774. The average Bonchev–Trinajstić information content (AvgIpc) is 2.01. The minimum absolute atomic E-state index is 0.145. The monoisotopic (exact) mass is 219 g/mol. The molecule has 0 spiro atoms. The molecule has 0 radical (unpaired) electrons. The van der Waals surface area contributed by atoms with E-state index in [1.54, 1.807) is 0 Å². The van der Waals surface area contributed by atoms with Gasteiger partial charge in [0.05, 0.1) is 0 Å². The molecule has 0 saturated carbocycles. The molecule has 0 aliphatic heterocycles. The van der Waals surface area contributed by atoms with Gasteiger partial charge in [-0.2, -0.15) is 0 Å². The van der Waals surface area contributed by atoms with Gasteiger partial charge in [0.2, 0.25) is 0 Å². The molecular weight excluding hydrogens is 208 g/mol. The van der Waals surface area contributed by atoms with Crippen molar-refractivity contribution in [3.05, 3.63) is 35.4 Å². The summed E-state index contributed by atoms with van der Waals surface area (Å²) in [4.78, 5) is 0. The van der Waals surface area contributed by atoms with Gasteiger partial charge in [-0.05, 0) is 30.5 Å². The molecule has 0 aliphatic rings. The van der Waals surface area contributed by atoms with Gasteiger partial charge < -0.3 is 5.73 Å². The molecule has 0 aliphatic carbocycles. The third-order valence-corrected chi connectivity index (χ3v) is 2.12. The lowest BCUT2D eigenvalue weighted by molar-refractivity contribution is 0.573. The highest BCUT2D eigenvalue weighted by Crippen LogP contribution is 2.10. The zero-order valence-electron chi connectivity index (χ0n) is 7.64. The van der Waals surface area contributed by atoms with E-state index in [0.717, 1.165) is 6.07 Å². The first-order valence-corrected chi connectivity index (χ1v) is 4.92. The van der Waals surface area contributed by atoms with Gasteiger partial charge in [-0.25, -0.2) is 8.78 Å². The second-order valence-corrected chi connectivity index (χ2v) is 3.60. The summed E-state index contributed by atoms with van der Waals surface area (Å²) in [7, 11) is 0. The van der Waals surface area contributed by atoms with E-state index in [1.165, 1.54) is 12.1 Å². The average molecular weight is 220 g/mol. The van der Waals surface area contributed by atoms with Gasteiger partial charge in [-0.1, -0.05) is 0 Å². The van der Waals surface area contributed by atoms with E-state index in [1.807, 2.05) is 0 Å².